The Morgan fingerprint density at radius 3 is 1.82 bits per heavy atom. The Morgan fingerprint density at radius 2 is 1.73 bits per heavy atom. The van der Waals surface area contributed by atoms with Crippen molar-refractivity contribution in [1.29, 1.82) is 0 Å². The lowest BCUT2D eigenvalue weighted by atomic mass is 10.1. The highest BCUT2D eigenvalue weighted by atomic mass is 19.4. The molecule has 1 aliphatic carbocycles. The second kappa shape index (κ2) is 2.37. The maximum atomic E-state index is 11.7. The van der Waals surface area contributed by atoms with E-state index in [1.807, 2.05) is 0 Å². The molecule has 1 aliphatic rings. The van der Waals surface area contributed by atoms with Crippen molar-refractivity contribution in [2.45, 2.75) is 38.7 Å². The molecule has 0 radical (unpaired) electrons. The Kier molecular flexibility index (Phi) is 1.90. The van der Waals surface area contributed by atoms with Crippen molar-refractivity contribution in [3.63, 3.8) is 0 Å². The number of rotatable bonds is 2. The van der Waals surface area contributed by atoms with Crippen LogP contribution in [0.4, 0.5) is 13.2 Å². The first-order chi connectivity index (χ1) is 4.86. The summed E-state index contributed by atoms with van der Waals surface area (Å²) in [5, 5.41) is 0. The zero-order valence-corrected chi connectivity index (χ0v) is 6.53. The van der Waals surface area contributed by atoms with Crippen LogP contribution in [0.1, 0.15) is 26.7 Å². The summed E-state index contributed by atoms with van der Waals surface area (Å²) in [5.41, 5.74) is -0.891. The van der Waals surface area contributed by atoms with Crippen LogP contribution in [0.25, 0.3) is 0 Å². The first-order valence-corrected chi connectivity index (χ1v) is 3.63. The van der Waals surface area contributed by atoms with E-state index in [4.69, 9.17) is 0 Å². The molecule has 0 bridgehead atoms. The molecule has 4 heteroatoms. The average Bonchev–Trinajstić information content (AvgIpc) is 2.43. The van der Waals surface area contributed by atoms with Crippen molar-refractivity contribution in [2.24, 2.45) is 5.92 Å². The number of hydrogen-bond acceptors (Lipinski definition) is 1. The first-order valence-electron chi connectivity index (χ1n) is 3.63. The largest absolute Gasteiger partial charge is 0.523 e. The normalized spacial score (nSPS) is 22.4. The lowest BCUT2D eigenvalue weighted by Crippen LogP contribution is -2.29. The molecular formula is C7H11F3O. The van der Waals surface area contributed by atoms with E-state index >= 15 is 0 Å². The molecule has 0 heterocycles. The van der Waals surface area contributed by atoms with Crippen LogP contribution >= 0.6 is 0 Å². The molecule has 0 aliphatic heterocycles. The predicted molar refractivity (Wildman–Crippen MR) is 33.9 cm³/mol. The van der Waals surface area contributed by atoms with E-state index in [1.165, 1.54) is 0 Å². The van der Waals surface area contributed by atoms with E-state index in [9.17, 15) is 13.2 Å². The van der Waals surface area contributed by atoms with Gasteiger partial charge in [0, 0.05) is 0 Å². The van der Waals surface area contributed by atoms with Gasteiger partial charge in [-0.05, 0) is 18.8 Å². The molecule has 11 heavy (non-hydrogen) atoms. The molecule has 1 nitrogen and oxygen atoms in total. The molecule has 1 fully saturated rings. The molecule has 0 atom stereocenters. The van der Waals surface area contributed by atoms with Gasteiger partial charge in [0.25, 0.3) is 0 Å². The van der Waals surface area contributed by atoms with Gasteiger partial charge in [0.2, 0.25) is 0 Å². The Morgan fingerprint density at radius 1 is 1.27 bits per heavy atom. The third-order valence-corrected chi connectivity index (χ3v) is 2.11. The minimum atomic E-state index is -4.47. The van der Waals surface area contributed by atoms with E-state index in [0.717, 1.165) is 0 Å². The number of halogens is 3. The highest BCUT2D eigenvalue weighted by molar-refractivity contribution is 4.98. The quantitative estimate of drug-likeness (QED) is 0.616. The van der Waals surface area contributed by atoms with E-state index < -0.39 is 12.0 Å². The number of alkyl halides is 3. The van der Waals surface area contributed by atoms with E-state index in [1.54, 1.807) is 13.8 Å². The van der Waals surface area contributed by atoms with Gasteiger partial charge in [-0.15, -0.1) is 13.2 Å². The molecule has 0 aromatic rings. The fraction of sp³-hybridized carbons (Fsp3) is 1.00. The zero-order valence-electron chi connectivity index (χ0n) is 6.53. The van der Waals surface area contributed by atoms with Crippen molar-refractivity contribution >= 4 is 0 Å². The smallest absolute Gasteiger partial charge is 0.285 e. The van der Waals surface area contributed by atoms with Crippen LogP contribution in [0, 0.1) is 5.92 Å². The highest BCUT2D eigenvalue weighted by Crippen LogP contribution is 2.49. The average molecular weight is 168 g/mol. The Hall–Kier alpha value is -0.250. The number of ether oxygens (including phenoxy) is 1. The summed E-state index contributed by atoms with van der Waals surface area (Å²) in [6.07, 6.45) is -3.41. The summed E-state index contributed by atoms with van der Waals surface area (Å²) < 4.78 is 39.2. The lowest BCUT2D eigenvalue weighted by molar-refractivity contribution is -0.354. The van der Waals surface area contributed by atoms with Crippen LogP contribution in [-0.4, -0.2) is 12.0 Å². The van der Waals surface area contributed by atoms with Gasteiger partial charge in [0.1, 0.15) is 0 Å². The Labute approximate surface area is 63.5 Å². The fourth-order valence-corrected chi connectivity index (χ4v) is 1.15. The summed E-state index contributed by atoms with van der Waals surface area (Å²) in [6, 6.07) is 0. The van der Waals surface area contributed by atoms with E-state index in [-0.39, 0.29) is 5.92 Å². The summed E-state index contributed by atoms with van der Waals surface area (Å²) >= 11 is 0. The standard InChI is InChI=1S/C7H11F3O/c1-5(2)6(3-4-6)11-7(8,9)10/h5H,3-4H2,1-2H3. The monoisotopic (exact) mass is 168 g/mol. The highest BCUT2D eigenvalue weighted by Gasteiger charge is 2.53. The zero-order chi connectivity index (χ0) is 8.70. The van der Waals surface area contributed by atoms with E-state index in [0.29, 0.717) is 12.8 Å². The summed E-state index contributed by atoms with van der Waals surface area (Å²) in [5.74, 6) is -0.0517. The van der Waals surface area contributed by atoms with Crippen molar-refractivity contribution in [3.8, 4) is 0 Å². The summed E-state index contributed by atoms with van der Waals surface area (Å²) in [4.78, 5) is 0. The van der Waals surface area contributed by atoms with E-state index in [2.05, 4.69) is 4.74 Å². The van der Waals surface area contributed by atoms with Gasteiger partial charge in [0.15, 0.2) is 0 Å². The van der Waals surface area contributed by atoms with Crippen LogP contribution in [0.15, 0.2) is 0 Å². The van der Waals surface area contributed by atoms with Gasteiger partial charge in [-0.3, -0.25) is 4.74 Å². The predicted octanol–water partition coefficient (Wildman–Crippen LogP) is 2.71. The Bertz CT molecular complexity index is 146. The van der Waals surface area contributed by atoms with Gasteiger partial charge < -0.3 is 0 Å². The summed E-state index contributed by atoms with van der Waals surface area (Å²) in [7, 11) is 0. The van der Waals surface area contributed by atoms with Crippen LogP contribution in [0.5, 0.6) is 0 Å². The van der Waals surface area contributed by atoms with Crippen molar-refractivity contribution in [1.82, 2.24) is 0 Å². The Balaban J connectivity index is 2.48. The maximum Gasteiger partial charge on any atom is 0.523 e. The molecule has 1 saturated carbocycles. The molecule has 0 aromatic carbocycles. The first kappa shape index (κ1) is 8.84. The van der Waals surface area contributed by atoms with Crippen LogP contribution in [0.3, 0.4) is 0 Å². The molecule has 0 spiro atoms. The third kappa shape index (κ3) is 2.09. The second-order valence-electron chi connectivity index (χ2n) is 3.27. The summed E-state index contributed by atoms with van der Waals surface area (Å²) in [6.45, 7) is 3.50. The van der Waals surface area contributed by atoms with Gasteiger partial charge >= 0.3 is 6.36 Å². The molecular weight excluding hydrogens is 157 g/mol. The van der Waals surface area contributed by atoms with Gasteiger partial charge in [-0.25, -0.2) is 0 Å². The SMILES string of the molecule is CC(C)C1(OC(F)(F)F)CC1. The van der Waals surface area contributed by atoms with Crippen LogP contribution in [0.2, 0.25) is 0 Å². The number of hydrogen-bond donors (Lipinski definition) is 0. The minimum Gasteiger partial charge on any atom is -0.285 e. The van der Waals surface area contributed by atoms with Crippen molar-refractivity contribution < 1.29 is 17.9 Å². The molecule has 66 valence electrons. The lowest BCUT2D eigenvalue weighted by Gasteiger charge is -2.21. The van der Waals surface area contributed by atoms with Crippen molar-refractivity contribution in [3.05, 3.63) is 0 Å². The molecule has 0 unspecified atom stereocenters. The minimum absolute atomic E-state index is 0.0517. The molecule has 0 N–H and O–H groups in total. The third-order valence-electron chi connectivity index (χ3n) is 2.11. The topological polar surface area (TPSA) is 9.23 Å². The fourth-order valence-electron chi connectivity index (χ4n) is 1.15. The molecule has 0 saturated heterocycles. The van der Waals surface area contributed by atoms with Gasteiger partial charge in [0.05, 0.1) is 5.60 Å². The van der Waals surface area contributed by atoms with Gasteiger partial charge in [-0.2, -0.15) is 0 Å². The van der Waals surface area contributed by atoms with Crippen molar-refractivity contribution in [2.75, 3.05) is 0 Å². The maximum absolute atomic E-state index is 11.7. The molecule has 1 rings (SSSR count). The molecule has 0 aromatic heterocycles. The van der Waals surface area contributed by atoms with Crippen LogP contribution < -0.4 is 0 Å². The second-order valence-corrected chi connectivity index (χ2v) is 3.27. The van der Waals surface area contributed by atoms with Crippen LogP contribution in [-0.2, 0) is 4.74 Å². The van der Waals surface area contributed by atoms with Gasteiger partial charge in [-0.1, -0.05) is 13.8 Å². The molecule has 0 amide bonds.